The molecule has 0 radical (unpaired) electrons. The number of hydrazine groups is 1. The molecule has 2 heterocycles. The first-order chi connectivity index (χ1) is 11.8. The summed E-state index contributed by atoms with van der Waals surface area (Å²) in [5, 5.41) is 2.67. The fraction of sp³-hybridized carbons (Fsp3) is 0.412. The molecule has 1 aromatic carbocycles. The summed E-state index contributed by atoms with van der Waals surface area (Å²) in [6.07, 6.45) is 3.27. The molecule has 3 rings (SSSR count). The SMILES string of the molecule is CCOc1c(C(C)N2NC(C)(N)c3cncnc32)cc(Cl)c(C)c1I. The number of hydrogen-bond donors (Lipinski definition) is 2. The van der Waals surface area contributed by atoms with Crippen LogP contribution >= 0.6 is 34.2 Å². The van der Waals surface area contributed by atoms with E-state index in [1.54, 1.807) is 6.20 Å². The zero-order valence-electron chi connectivity index (χ0n) is 14.6. The van der Waals surface area contributed by atoms with E-state index in [0.717, 1.165) is 31.8 Å². The van der Waals surface area contributed by atoms with Crippen LogP contribution in [-0.4, -0.2) is 16.6 Å². The highest BCUT2D eigenvalue weighted by Crippen LogP contribution is 2.42. The number of nitrogens with one attached hydrogen (secondary N) is 1. The van der Waals surface area contributed by atoms with Crippen molar-refractivity contribution in [3.63, 3.8) is 0 Å². The standard InChI is InChI=1S/C17H21ClIN5O/c1-5-25-15-11(6-13(18)9(2)14(15)19)10(3)24-16-12(7-21-8-22-16)17(4,20)23-24/h6-8,10,23H,5,20H2,1-4H3. The molecule has 2 atom stereocenters. The minimum atomic E-state index is -0.738. The quantitative estimate of drug-likeness (QED) is 0.660. The Hall–Kier alpha value is -1.16. The predicted molar refractivity (Wildman–Crippen MR) is 108 cm³/mol. The Kier molecular flexibility index (Phi) is 5.11. The van der Waals surface area contributed by atoms with Crippen molar-refractivity contribution >= 4 is 40.0 Å². The molecule has 1 aliphatic heterocycles. The lowest BCUT2D eigenvalue weighted by atomic mass is 10.0. The van der Waals surface area contributed by atoms with Crippen LogP contribution in [-0.2, 0) is 5.66 Å². The number of ether oxygens (including phenoxy) is 1. The summed E-state index contributed by atoms with van der Waals surface area (Å²) in [5.74, 6) is 1.61. The average Bonchev–Trinajstić information content (AvgIpc) is 2.86. The molecule has 0 saturated carbocycles. The van der Waals surface area contributed by atoms with Crippen LogP contribution in [0.25, 0.3) is 0 Å². The lowest BCUT2D eigenvalue weighted by Gasteiger charge is -2.31. The van der Waals surface area contributed by atoms with Gasteiger partial charge in [0.15, 0.2) is 5.82 Å². The average molecular weight is 474 g/mol. The van der Waals surface area contributed by atoms with Crippen LogP contribution in [0.2, 0.25) is 5.02 Å². The highest BCUT2D eigenvalue weighted by Gasteiger charge is 2.40. The molecule has 0 bridgehead atoms. The molecule has 0 amide bonds. The van der Waals surface area contributed by atoms with Gasteiger partial charge in [0.25, 0.3) is 0 Å². The Morgan fingerprint density at radius 1 is 1.52 bits per heavy atom. The zero-order chi connectivity index (χ0) is 18.4. The molecule has 8 heteroatoms. The fourth-order valence-electron chi connectivity index (χ4n) is 2.98. The summed E-state index contributed by atoms with van der Waals surface area (Å²) in [7, 11) is 0. The molecule has 3 N–H and O–H groups in total. The Balaban J connectivity index is 2.10. The monoisotopic (exact) mass is 473 g/mol. The van der Waals surface area contributed by atoms with Gasteiger partial charge in [0, 0.05) is 22.3 Å². The Labute approximate surface area is 166 Å². The van der Waals surface area contributed by atoms with E-state index in [1.807, 2.05) is 31.8 Å². The number of hydrogen-bond acceptors (Lipinski definition) is 6. The van der Waals surface area contributed by atoms with E-state index in [9.17, 15) is 0 Å². The van der Waals surface area contributed by atoms with E-state index in [0.29, 0.717) is 11.6 Å². The van der Waals surface area contributed by atoms with E-state index in [1.165, 1.54) is 6.33 Å². The van der Waals surface area contributed by atoms with Crippen molar-refractivity contribution in [3.05, 3.63) is 43.9 Å². The van der Waals surface area contributed by atoms with E-state index < -0.39 is 5.66 Å². The minimum Gasteiger partial charge on any atom is -0.492 e. The molecular formula is C17H21ClIN5O. The summed E-state index contributed by atoms with van der Waals surface area (Å²) >= 11 is 8.73. The fourth-order valence-corrected chi connectivity index (χ4v) is 4.11. The van der Waals surface area contributed by atoms with E-state index >= 15 is 0 Å². The van der Waals surface area contributed by atoms with Crippen LogP contribution in [0.5, 0.6) is 5.75 Å². The molecular weight excluding hydrogens is 453 g/mol. The highest BCUT2D eigenvalue weighted by atomic mass is 127. The van der Waals surface area contributed by atoms with Gasteiger partial charge in [-0.25, -0.2) is 15.4 Å². The highest BCUT2D eigenvalue weighted by molar-refractivity contribution is 14.1. The Bertz CT molecular complexity index is 814. The molecule has 2 aromatic rings. The van der Waals surface area contributed by atoms with Crippen molar-refractivity contribution in [1.29, 1.82) is 0 Å². The van der Waals surface area contributed by atoms with Gasteiger partial charge in [-0.2, -0.15) is 0 Å². The maximum atomic E-state index is 6.45. The third-order valence-electron chi connectivity index (χ3n) is 4.39. The van der Waals surface area contributed by atoms with Crippen LogP contribution < -0.4 is 20.9 Å². The van der Waals surface area contributed by atoms with Crippen LogP contribution in [0, 0.1) is 10.5 Å². The molecule has 0 fully saturated rings. The second kappa shape index (κ2) is 6.86. The molecule has 134 valence electrons. The van der Waals surface area contributed by atoms with Gasteiger partial charge in [0.2, 0.25) is 0 Å². The first kappa shape index (κ1) is 18.6. The summed E-state index contributed by atoms with van der Waals surface area (Å²) in [5.41, 5.74) is 11.8. The zero-order valence-corrected chi connectivity index (χ0v) is 17.5. The molecule has 0 saturated heterocycles. The predicted octanol–water partition coefficient (Wildman–Crippen LogP) is 3.66. The van der Waals surface area contributed by atoms with Crippen molar-refractivity contribution in [2.45, 2.75) is 39.4 Å². The number of aromatic nitrogens is 2. The molecule has 0 aliphatic carbocycles. The molecule has 25 heavy (non-hydrogen) atoms. The van der Waals surface area contributed by atoms with E-state index in [-0.39, 0.29) is 6.04 Å². The lowest BCUT2D eigenvalue weighted by Crippen LogP contribution is -2.51. The minimum absolute atomic E-state index is 0.0906. The van der Waals surface area contributed by atoms with Gasteiger partial charge in [-0.15, -0.1) is 0 Å². The first-order valence-electron chi connectivity index (χ1n) is 8.05. The first-order valence-corrected chi connectivity index (χ1v) is 9.51. The number of benzene rings is 1. The van der Waals surface area contributed by atoms with Gasteiger partial charge < -0.3 is 10.5 Å². The van der Waals surface area contributed by atoms with Crippen LogP contribution in [0.3, 0.4) is 0 Å². The van der Waals surface area contributed by atoms with Crippen molar-refractivity contribution < 1.29 is 4.74 Å². The van der Waals surface area contributed by atoms with Gasteiger partial charge in [0.05, 0.1) is 16.2 Å². The normalized spacial score (nSPS) is 20.5. The number of nitrogens with two attached hydrogens (primary N) is 1. The summed E-state index contributed by atoms with van der Waals surface area (Å²) in [6.45, 7) is 8.52. The van der Waals surface area contributed by atoms with Crippen LogP contribution in [0.15, 0.2) is 18.6 Å². The summed E-state index contributed by atoms with van der Waals surface area (Å²) in [6, 6.07) is 1.87. The van der Waals surface area contributed by atoms with Gasteiger partial charge in [-0.1, -0.05) is 11.6 Å². The van der Waals surface area contributed by atoms with Crippen LogP contribution in [0.4, 0.5) is 5.82 Å². The van der Waals surface area contributed by atoms with E-state index in [4.69, 9.17) is 22.1 Å². The summed E-state index contributed by atoms with van der Waals surface area (Å²) < 4.78 is 6.96. The second-order valence-corrected chi connectivity index (χ2v) is 7.75. The lowest BCUT2D eigenvalue weighted by molar-refractivity contribution is 0.327. The number of rotatable bonds is 4. The van der Waals surface area contributed by atoms with Gasteiger partial charge in [-0.05, 0) is 61.9 Å². The number of anilines is 1. The molecule has 1 aromatic heterocycles. The second-order valence-electron chi connectivity index (χ2n) is 6.27. The van der Waals surface area contributed by atoms with Crippen molar-refractivity contribution in [2.24, 2.45) is 5.73 Å². The maximum absolute atomic E-state index is 6.45. The van der Waals surface area contributed by atoms with Gasteiger partial charge >= 0.3 is 0 Å². The topological polar surface area (TPSA) is 76.3 Å². The number of fused-ring (bicyclic) bond motifs is 1. The molecule has 6 nitrogen and oxygen atoms in total. The van der Waals surface area contributed by atoms with Gasteiger partial charge in [0.1, 0.15) is 17.7 Å². The number of nitrogens with zero attached hydrogens (tertiary/aromatic N) is 3. The van der Waals surface area contributed by atoms with E-state index in [2.05, 4.69) is 44.9 Å². The summed E-state index contributed by atoms with van der Waals surface area (Å²) in [4.78, 5) is 8.52. The number of halogens is 2. The van der Waals surface area contributed by atoms with Crippen molar-refractivity contribution in [3.8, 4) is 5.75 Å². The maximum Gasteiger partial charge on any atom is 0.153 e. The largest absolute Gasteiger partial charge is 0.492 e. The van der Waals surface area contributed by atoms with Crippen LogP contribution in [0.1, 0.15) is 43.5 Å². The molecule has 2 unspecified atom stereocenters. The van der Waals surface area contributed by atoms with Crippen molar-refractivity contribution in [1.82, 2.24) is 15.4 Å². The van der Waals surface area contributed by atoms with Crippen molar-refractivity contribution in [2.75, 3.05) is 11.6 Å². The third-order valence-corrected chi connectivity index (χ3v) is 6.08. The molecule has 0 spiro atoms. The Morgan fingerprint density at radius 3 is 2.92 bits per heavy atom. The third kappa shape index (κ3) is 3.18. The smallest absolute Gasteiger partial charge is 0.153 e. The Morgan fingerprint density at radius 2 is 2.24 bits per heavy atom. The van der Waals surface area contributed by atoms with Gasteiger partial charge in [-0.3, -0.25) is 5.01 Å². The molecule has 1 aliphatic rings.